The SMILES string of the molecule is CCCCCC1CCC(c2ccc(C3CCC(OCc4ccc(OCC)c(F)c4F)CC3)c(F)c2F)CC1. The standard InChI is InChI=1S/C32H42F4O2/c1-3-5-6-7-21-8-10-22(11-9-21)26-17-18-27(31(35)30(26)34)23-12-15-25(16-13-23)38-20-24-14-19-28(37-4-2)32(36)29(24)33/h14,17-19,21-23,25H,3-13,15-16,20H2,1-2H3. The fraction of sp³-hybridized carbons (Fsp3) is 0.625. The zero-order valence-corrected chi connectivity index (χ0v) is 22.8. The fourth-order valence-corrected chi connectivity index (χ4v) is 6.35. The molecule has 2 aliphatic carbocycles. The lowest BCUT2D eigenvalue weighted by Gasteiger charge is -2.31. The molecular formula is C32H42F4O2. The molecule has 4 rings (SSSR count). The molecule has 38 heavy (non-hydrogen) atoms. The van der Waals surface area contributed by atoms with Crippen molar-refractivity contribution in [1.82, 2.24) is 0 Å². The van der Waals surface area contributed by atoms with E-state index in [0.717, 1.165) is 31.6 Å². The van der Waals surface area contributed by atoms with E-state index in [1.807, 2.05) is 6.07 Å². The average Bonchev–Trinajstić information content (AvgIpc) is 2.93. The van der Waals surface area contributed by atoms with Crippen molar-refractivity contribution in [1.29, 1.82) is 0 Å². The molecule has 2 aromatic rings. The van der Waals surface area contributed by atoms with Crippen molar-refractivity contribution < 1.29 is 27.0 Å². The third-order valence-corrected chi connectivity index (χ3v) is 8.66. The number of unbranched alkanes of at least 4 members (excludes halogenated alkanes) is 2. The van der Waals surface area contributed by atoms with Crippen molar-refractivity contribution >= 4 is 0 Å². The second-order valence-corrected chi connectivity index (χ2v) is 11.2. The summed E-state index contributed by atoms with van der Waals surface area (Å²) in [4.78, 5) is 0. The van der Waals surface area contributed by atoms with Gasteiger partial charge in [0.05, 0.1) is 19.3 Å². The van der Waals surface area contributed by atoms with Crippen molar-refractivity contribution in [2.45, 2.75) is 115 Å². The van der Waals surface area contributed by atoms with Crippen molar-refractivity contribution in [3.8, 4) is 5.75 Å². The Hall–Kier alpha value is -2.08. The zero-order chi connectivity index (χ0) is 27.1. The topological polar surface area (TPSA) is 18.5 Å². The van der Waals surface area contributed by atoms with Crippen LogP contribution in [0.25, 0.3) is 0 Å². The van der Waals surface area contributed by atoms with E-state index in [0.29, 0.717) is 36.8 Å². The van der Waals surface area contributed by atoms with E-state index in [1.54, 1.807) is 13.0 Å². The van der Waals surface area contributed by atoms with Gasteiger partial charge in [0.25, 0.3) is 0 Å². The monoisotopic (exact) mass is 534 g/mol. The van der Waals surface area contributed by atoms with Gasteiger partial charge in [-0.2, -0.15) is 4.39 Å². The third-order valence-electron chi connectivity index (χ3n) is 8.66. The summed E-state index contributed by atoms with van der Waals surface area (Å²) in [5.74, 6) is -2.64. The summed E-state index contributed by atoms with van der Waals surface area (Å²) in [7, 11) is 0. The summed E-state index contributed by atoms with van der Waals surface area (Å²) in [6.45, 7) is 4.14. The molecule has 2 saturated carbocycles. The summed E-state index contributed by atoms with van der Waals surface area (Å²) in [5, 5.41) is 0. The Morgan fingerprint density at radius 3 is 1.87 bits per heavy atom. The summed E-state index contributed by atoms with van der Waals surface area (Å²) >= 11 is 0. The van der Waals surface area contributed by atoms with Gasteiger partial charge in [-0.1, -0.05) is 44.7 Å². The highest BCUT2D eigenvalue weighted by Gasteiger charge is 2.30. The highest BCUT2D eigenvalue weighted by molar-refractivity contribution is 5.32. The lowest BCUT2D eigenvalue weighted by atomic mass is 9.76. The normalized spacial score (nSPS) is 23.9. The van der Waals surface area contributed by atoms with Crippen molar-refractivity contribution in [2.24, 2.45) is 5.92 Å². The minimum Gasteiger partial charge on any atom is -0.491 e. The zero-order valence-electron chi connectivity index (χ0n) is 22.8. The lowest BCUT2D eigenvalue weighted by Crippen LogP contribution is -2.22. The van der Waals surface area contributed by atoms with E-state index in [-0.39, 0.29) is 42.5 Å². The number of benzene rings is 2. The maximum Gasteiger partial charge on any atom is 0.200 e. The fourth-order valence-electron chi connectivity index (χ4n) is 6.35. The first-order valence-electron chi connectivity index (χ1n) is 14.6. The molecule has 0 heterocycles. The summed E-state index contributed by atoms with van der Waals surface area (Å²) in [6.07, 6.45) is 11.7. The molecule has 0 unspecified atom stereocenters. The molecule has 210 valence electrons. The van der Waals surface area contributed by atoms with Gasteiger partial charge in [0.1, 0.15) is 0 Å². The first-order chi connectivity index (χ1) is 18.4. The Balaban J connectivity index is 1.29. The van der Waals surface area contributed by atoms with Gasteiger partial charge in [0.2, 0.25) is 5.82 Å². The molecule has 0 atom stereocenters. The van der Waals surface area contributed by atoms with Crippen LogP contribution in [0.2, 0.25) is 0 Å². The molecule has 0 bridgehead atoms. The maximum absolute atomic E-state index is 15.2. The predicted molar refractivity (Wildman–Crippen MR) is 143 cm³/mol. The number of halogens is 4. The Labute approximate surface area is 225 Å². The Bertz CT molecular complexity index is 1040. The number of ether oxygens (including phenoxy) is 2. The van der Waals surface area contributed by atoms with Crippen LogP contribution in [0.4, 0.5) is 17.6 Å². The Morgan fingerprint density at radius 2 is 1.29 bits per heavy atom. The molecule has 2 aromatic carbocycles. The smallest absolute Gasteiger partial charge is 0.200 e. The van der Waals surface area contributed by atoms with Crippen LogP contribution in [-0.2, 0) is 11.3 Å². The van der Waals surface area contributed by atoms with Gasteiger partial charge in [-0.3, -0.25) is 0 Å². The van der Waals surface area contributed by atoms with Crippen LogP contribution < -0.4 is 4.74 Å². The van der Waals surface area contributed by atoms with Crippen molar-refractivity contribution in [2.75, 3.05) is 6.61 Å². The molecule has 0 aliphatic heterocycles. The van der Waals surface area contributed by atoms with Crippen LogP contribution in [0.3, 0.4) is 0 Å². The molecule has 0 spiro atoms. The number of hydrogen-bond donors (Lipinski definition) is 0. The summed E-state index contributed by atoms with van der Waals surface area (Å²) < 4.78 is 69.9. The molecule has 2 nitrogen and oxygen atoms in total. The van der Waals surface area contributed by atoms with Crippen molar-refractivity contribution in [3.05, 3.63) is 64.2 Å². The first kappa shape index (κ1) is 28.9. The summed E-state index contributed by atoms with van der Waals surface area (Å²) in [6, 6.07) is 6.51. The largest absolute Gasteiger partial charge is 0.491 e. The van der Waals surface area contributed by atoms with Gasteiger partial charge in [-0.15, -0.1) is 0 Å². The predicted octanol–water partition coefficient (Wildman–Crippen LogP) is 9.74. The van der Waals surface area contributed by atoms with Gasteiger partial charge in [0, 0.05) is 5.56 Å². The lowest BCUT2D eigenvalue weighted by molar-refractivity contribution is 0.0116. The average molecular weight is 535 g/mol. The van der Waals surface area contributed by atoms with E-state index in [2.05, 4.69) is 6.92 Å². The van der Waals surface area contributed by atoms with E-state index in [4.69, 9.17) is 9.47 Å². The quantitative estimate of drug-likeness (QED) is 0.211. The highest BCUT2D eigenvalue weighted by atomic mass is 19.2. The van der Waals surface area contributed by atoms with Crippen LogP contribution in [0.5, 0.6) is 5.75 Å². The number of hydrogen-bond acceptors (Lipinski definition) is 2. The van der Waals surface area contributed by atoms with Crippen molar-refractivity contribution in [3.63, 3.8) is 0 Å². The van der Waals surface area contributed by atoms with E-state index in [9.17, 15) is 8.78 Å². The molecule has 0 N–H and O–H groups in total. The van der Waals surface area contributed by atoms with E-state index >= 15 is 8.78 Å². The molecule has 0 saturated heterocycles. The molecular weight excluding hydrogens is 492 g/mol. The van der Waals surface area contributed by atoms with E-state index < -0.39 is 23.3 Å². The number of rotatable bonds is 11. The third kappa shape index (κ3) is 6.91. The van der Waals surface area contributed by atoms with Crippen LogP contribution in [0.15, 0.2) is 24.3 Å². The Kier molecular flexibility index (Phi) is 10.5. The molecule has 6 heteroatoms. The second-order valence-electron chi connectivity index (χ2n) is 11.2. The minimum atomic E-state index is -1.00. The first-order valence-corrected chi connectivity index (χ1v) is 14.6. The van der Waals surface area contributed by atoms with Gasteiger partial charge in [-0.05, 0) is 99.3 Å². The molecule has 2 fully saturated rings. The molecule has 2 aliphatic rings. The molecule has 0 aromatic heterocycles. The maximum atomic E-state index is 15.2. The van der Waals surface area contributed by atoms with E-state index in [1.165, 1.54) is 37.8 Å². The van der Waals surface area contributed by atoms with Gasteiger partial charge < -0.3 is 9.47 Å². The van der Waals surface area contributed by atoms with Gasteiger partial charge in [-0.25, -0.2) is 13.2 Å². The highest BCUT2D eigenvalue weighted by Crippen LogP contribution is 2.42. The van der Waals surface area contributed by atoms with Crippen LogP contribution >= 0.6 is 0 Å². The molecule has 0 amide bonds. The second kappa shape index (κ2) is 13.8. The summed E-state index contributed by atoms with van der Waals surface area (Å²) in [5.41, 5.74) is 1.14. The van der Waals surface area contributed by atoms with Crippen LogP contribution in [0.1, 0.15) is 119 Å². The van der Waals surface area contributed by atoms with Gasteiger partial charge >= 0.3 is 0 Å². The molecule has 0 radical (unpaired) electrons. The van der Waals surface area contributed by atoms with Crippen LogP contribution in [0, 0.1) is 29.2 Å². The minimum absolute atomic E-state index is 0.0387. The van der Waals surface area contributed by atoms with Gasteiger partial charge in [0.15, 0.2) is 23.2 Å². The Morgan fingerprint density at radius 1 is 0.684 bits per heavy atom. The van der Waals surface area contributed by atoms with Crippen LogP contribution in [-0.4, -0.2) is 12.7 Å².